The highest BCUT2D eigenvalue weighted by Gasteiger charge is 2.17. The Balaban J connectivity index is 2.75. The second-order valence-electron chi connectivity index (χ2n) is 4.25. The lowest BCUT2D eigenvalue weighted by atomic mass is 10.1. The third-order valence-electron chi connectivity index (χ3n) is 2.57. The predicted molar refractivity (Wildman–Crippen MR) is 61.9 cm³/mol. The largest absolute Gasteiger partial charge is 0.323 e. The van der Waals surface area contributed by atoms with Crippen LogP contribution in [0.15, 0.2) is 24.4 Å². The minimum Gasteiger partial charge on any atom is -0.323 e. The smallest absolute Gasteiger partial charge is 0.137 e. The van der Waals surface area contributed by atoms with Gasteiger partial charge in [0.25, 0.3) is 0 Å². The van der Waals surface area contributed by atoms with E-state index in [0.717, 1.165) is 11.3 Å². The first kappa shape index (κ1) is 10.2. The molecule has 0 amide bonds. The lowest BCUT2D eigenvalue weighted by Gasteiger charge is -2.10. The molecule has 0 saturated carbocycles. The van der Waals surface area contributed by atoms with E-state index < -0.39 is 0 Å². The molecule has 2 heterocycles. The van der Waals surface area contributed by atoms with Gasteiger partial charge in [-0.15, -0.1) is 0 Å². The first-order valence-electron chi connectivity index (χ1n) is 5.33. The molecule has 0 aliphatic carbocycles. The van der Waals surface area contributed by atoms with Crippen LogP contribution in [0.2, 0.25) is 0 Å². The molecule has 1 atom stereocenters. The van der Waals surface area contributed by atoms with E-state index in [-0.39, 0.29) is 6.04 Å². The van der Waals surface area contributed by atoms with E-state index in [9.17, 15) is 0 Å². The van der Waals surface area contributed by atoms with E-state index >= 15 is 0 Å². The van der Waals surface area contributed by atoms with Gasteiger partial charge in [0, 0.05) is 17.9 Å². The van der Waals surface area contributed by atoms with Crippen LogP contribution in [0.1, 0.15) is 44.1 Å². The van der Waals surface area contributed by atoms with Crippen molar-refractivity contribution in [3.05, 3.63) is 35.8 Å². The zero-order valence-electron chi connectivity index (χ0n) is 9.44. The summed E-state index contributed by atoms with van der Waals surface area (Å²) in [6, 6.07) is 6.02. The molecule has 80 valence electrons. The van der Waals surface area contributed by atoms with Gasteiger partial charge in [-0.25, -0.2) is 4.98 Å². The Kier molecular flexibility index (Phi) is 2.49. The maximum atomic E-state index is 5.94. The highest BCUT2D eigenvalue weighted by atomic mass is 15.0. The molecule has 2 N–H and O–H groups in total. The van der Waals surface area contributed by atoms with Crippen LogP contribution in [-0.4, -0.2) is 9.38 Å². The number of hydrogen-bond acceptors (Lipinski definition) is 2. The van der Waals surface area contributed by atoms with Gasteiger partial charge >= 0.3 is 0 Å². The molecular weight excluding hydrogens is 186 g/mol. The average Bonchev–Trinajstić information content (AvgIpc) is 2.56. The fourth-order valence-electron chi connectivity index (χ4n) is 1.94. The molecule has 0 aliphatic heterocycles. The normalized spacial score (nSPS) is 13.7. The second kappa shape index (κ2) is 3.66. The fraction of sp³-hybridized carbons (Fsp3) is 0.417. The first-order chi connectivity index (χ1) is 7.11. The molecule has 2 rings (SSSR count). The molecule has 0 bridgehead atoms. The molecule has 0 fully saturated rings. The number of nitrogens with zero attached hydrogens (tertiary/aromatic N) is 2. The lowest BCUT2D eigenvalue weighted by Crippen LogP contribution is -2.09. The van der Waals surface area contributed by atoms with E-state index in [2.05, 4.69) is 23.2 Å². The summed E-state index contributed by atoms with van der Waals surface area (Å²) in [5.74, 6) is 0.434. The van der Waals surface area contributed by atoms with E-state index in [1.165, 1.54) is 5.69 Å². The Labute approximate surface area is 89.9 Å². The summed E-state index contributed by atoms with van der Waals surface area (Å²) < 4.78 is 2.13. The van der Waals surface area contributed by atoms with Crippen LogP contribution < -0.4 is 5.73 Å². The Hall–Kier alpha value is -1.35. The van der Waals surface area contributed by atoms with Gasteiger partial charge in [0.2, 0.25) is 0 Å². The Morgan fingerprint density at radius 2 is 2.00 bits per heavy atom. The van der Waals surface area contributed by atoms with Gasteiger partial charge in [-0.05, 0) is 25.0 Å². The molecule has 0 saturated heterocycles. The minimum atomic E-state index is -0.0118. The van der Waals surface area contributed by atoms with Crippen molar-refractivity contribution in [2.45, 2.75) is 32.7 Å². The van der Waals surface area contributed by atoms with Gasteiger partial charge in [0.1, 0.15) is 5.65 Å². The quantitative estimate of drug-likeness (QED) is 0.814. The van der Waals surface area contributed by atoms with Gasteiger partial charge < -0.3 is 10.1 Å². The van der Waals surface area contributed by atoms with Gasteiger partial charge in [-0.1, -0.05) is 19.9 Å². The highest BCUT2D eigenvalue weighted by molar-refractivity contribution is 5.44. The number of fused-ring (bicyclic) bond motifs is 1. The van der Waals surface area contributed by atoms with Crippen LogP contribution in [-0.2, 0) is 0 Å². The number of aromatic nitrogens is 2. The van der Waals surface area contributed by atoms with Gasteiger partial charge in [-0.2, -0.15) is 0 Å². The molecule has 2 aromatic heterocycles. The number of rotatable bonds is 2. The van der Waals surface area contributed by atoms with Crippen molar-refractivity contribution in [2.75, 3.05) is 0 Å². The fourth-order valence-corrected chi connectivity index (χ4v) is 1.94. The Morgan fingerprint density at radius 1 is 1.27 bits per heavy atom. The zero-order valence-corrected chi connectivity index (χ0v) is 9.44. The molecular formula is C12H17N3. The van der Waals surface area contributed by atoms with Crippen LogP contribution in [0.25, 0.3) is 5.65 Å². The Morgan fingerprint density at radius 3 is 2.60 bits per heavy atom. The summed E-state index contributed by atoms with van der Waals surface area (Å²) in [5, 5.41) is 0. The second-order valence-corrected chi connectivity index (χ2v) is 4.25. The predicted octanol–water partition coefficient (Wildman–Crippen LogP) is 2.48. The summed E-state index contributed by atoms with van der Waals surface area (Å²) in [7, 11) is 0. The topological polar surface area (TPSA) is 43.3 Å². The molecule has 3 nitrogen and oxygen atoms in total. The molecule has 0 radical (unpaired) electrons. The molecule has 0 aromatic carbocycles. The van der Waals surface area contributed by atoms with Crippen molar-refractivity contribution in [1.82, 2.24) is 9.38 Å². The monoisotopic (exact) mass is 203 g/mol. The van der Waals surface area contributed by atoms with E-state index in [0.29, 0.717) is 5.92 Å². The molecule has 3 heteroatoms. The van der Waals surface area contributed by atoms with E-state index in [4.69, 9.17) is 5.73 Å². The summed E-state index contributed by atoms with van der Waals surface area (Å²) in [5.41, 5.74) is 9.15. The van der Waals surface area contributed by atoms with Crippen LogP contribution in [0.4, 0.5) is 0 Å². The summed E-state index contributed by atoms with van der Waals surface area (Å²) in [4.78, 5) is 4.57. The SMILES string of the molecule is CC(C)c1c(C(C)N)nc2ccccn12. The van der Waals surface area contributed by atoms with Crippen LogP contribution >= 0.6 is 0 Å². The first-order valence-corrected chi connectivity index (χ1v) is 5.33. The summed E-state index contributed by atoms with van der Waals surface area (Å²) in [6.45, 7) is 6.32. The van der Waals surface area contributed by atoms with Crippen molar-refractivity contribution in [2.24, 2.45) is 5.73 Å². The lowest BCUT2D eigenvalue weighted by molar-refractivity contribution is 0.726. The maximum absolute atomic E-state index is 5.94. The third kappa shape index (κ3) is 1.63. The van der Waals surface area contributed by atoms with E-state index in [1.807, 2.05) is 31.3 Å². The molecule has 0 aliphatic rings. The van der Waals surface area contributed by atoms with E-state index in [1.54, 1.807) is 0 Å². The van der Waals surface area contributed by atoms with Crippen molar-refractivity contribution in [3.8, 4) is 0 Å². The number of hydrogen-bond donors (Lipinski definition) is 1. The number of pyridine rings is 1. The zero-order chi connectivity index (χ0) is 11.0. The highest BCUT2D eigenvalue weighted by Crippen LogP contribution is 2.24. The van der Waals surface area contributed by atoms with Crippen molar-refractivity contribution in [3.63, 3.8) is 0 Å². The molecule has 1 unspecified atom stereocenters. The standard InChI is InChI=1S/C12H17N3/c1-8(2)12-11(9(3)13)14-10-6-4-5-7-15(10)12/h4-9H,13H2,1-3H3. The van der Waals surface area contributed by atoms with Crippen LogP contribution in [0, 0.1) is 0 Å². The van der Waals surface area contributed by atoms with Crippen LogP contribution in [0.3, 0.4) is 0 Å². The maximum Gasteiger partial charge on any atom is 0.137 e. The summed E-state index contributed by atoms with van der Waals surface area (Å²) >= 11 is 0. The number of imidazole rings is 1. The summed E-state index contributed by atoms with van der Waals surface area (Å²) in [6.07, 6.45) is 2.05. The van der Waals surface area contributed by atoms with Crippen LogP contribution in [0.5, 0.6) is 0 Å². The molecule has 0 spiro atoms. The molecule has 2 aromatic rings. The molecule has 15 heavy (non-hydrogen) atoms. The van der Waals surface area contributed by atoms with Gasteiger partial charge in [0.15, 0.2) is 0 Å². The minimum absolute atomic E-state index is 0.0118. The Bertz CT molecular complexity index is 469. The van der Waals surface area contributed by atoms with Crippen molar-refractivity contribution in [1.29, 1.82) is 0 Å². The number of nitrogens with two attached hydrogens (primary N) is 1. The third-order valence-corrected chi connectivity index (χ3v) is 2.57. The van der Waals surface area contributed by atoms with Crippen molar-refractivity contribution < 1.29 is 0 Å². The average molecular weight is 203 g/mol. The van der Waals surface area contributed by atoms with Gasteiger partial charge in [-0.3, -0.25) is 0 Å². The van der Waals surface area contributed by atoms with Crippen molar-refractivity contribution >= 4 is 5.65 Å². The van der Waals surface area contributed by atoms with Gasteiger partial charge in [0.05, 0.1) is 5.69 Å².